The standard InChI is InChI=1S/C16H16N2S/c17-9-14-3-1-2-4-15(14)11-18(16-5-6-16)10-13-7-8-19-12-13/h1-4,7-8,12,16H,5-6,10-11H2. The van der Waals surface area contributed by atoms with Crippen molar-refractivity contribution in [2.24, 2.45) is 0 Å². The van der Waals surface area contributed by atoms with E-state index >= 15 is 0 Å². The summed E-state index contributed by atoms with van der Waals surface area (Å²) in [5.74, 6) is 0. The Labute approximate surface area is 117 Å². The predicted molar refractivity (Wildman–Crippen MR) is 77.7 cm³/mol. The first kappa shape index (κ1) is 12.4. The smallest absolute Gasteiger partial charge is 0.0995 e. The number of hydrogen-bond donors (Lipinski definition) is 0. The van der Waals surface area contributed by atoms with Crippen molar-refractivity contribution in [3.63, 3.8) is 0 Å². The van der Waals surface area contributed by atoms with Gasteiger partial charge in [0.25, 0.3) is 0 Å². The highest BCUT2D eigenvalue weighted by Gasteiger charge is 2.29. The lowest BCUT2D eigenvalue weighted by Gasteiger charge is -2.22. The Morgan fingerprint density at radius 3 is 2.74 bits per heavy atom. The van der Waals surface area contributed by atoms with E-state index in [4.69, 9.17) is 0 Å². The first-order valence-electron chi connectivity index (χ1n) is 6.60. The van der Waals surface area contributed by atoms with Crippen LogP contribution in [0.4, 0.5) is 0 Å². The van der Waals surface area contributed by atoms with Crippen LogP contribution in [0.5, 0.6) is 0 Å². The maximum absolute atomic E-state index is 9.18. The molecular formula is C16H16N2S. The van der Waals surface area contributed by atoms with E-state index in [-0.39, 0.29) is 0 Å². The monoisotopic (exact) mass is 268 g/mol. The molecule has 1 aromatic carbocycles. The molecule has 0 spiro atoms. The molecule has 0 radical (unpaired) electrons. The van der Waals surface area contributed by atoms with Crippen LogP contribution in [0.3, 0.4) is 0 Å². The van der Waals surface area contributed by atoms with Crippen LogP contribution in [0, 0.1) is 11.3 Å². The van der Waals surface area contributed by atoms with Gasteiger partial charge in [0.1, 0.15) is 0 Å². The average Bonchev–Trinajstić information content (AvgIpc) is 3.17. The molecule has 0 atom stereocenters. The fourth-order valence-corrected chi connectivity index (χ4v) is 3.02. The van der Waals surface area contributed by atoms with Crippen LogP contribution >= 0.6 is 11.3 Å². The summed E-state index contributed by atoms with van der Waals surface area (Å²) in [7, 11) is 0. The fraction of sp³-hybridized carbons (Fsp3) is 0.312. The molecule has 1 fully saturated rings. The van der Waals surface area contributed by atoms with E-state index in [0.717, 1.165) is 24.2 Å². The van der Waals surface area contributed by atoms with Crippen molar-refractivity contribution in [2.75, 3.05) is 0 Å². The third kappa shape index (κ3) is 3.04. The molecule has 2 aromatic rings. The van der Waals surface area contributed by atoms with Crippen molar-refractivity contribution >= 4 is 11.3 Å². The Kier molecular flexibility index (Phi) is 3.63. The van der Waals surface area contributed by atoms with Crippen LogP contribution < -0.4 is 0 Å². The van der Waals surface area contributed by atoms with Gasteiger partial charge in [0.15, 0.2) is 0 Å². The molecule has 0 N–H and O–H groups in total. The predicted octanol–water partition coefficient (Wildman–Crippen LogP) is 3.78. The van der Waals surface area contributed by atoms with Gasteiger partial charge in [-0.1, -0.05) is 18.2 Å². The van der Waals surface area contributed by atoms with Crippen LogP contribution in [0.1, 0.15) is 29.5 Å². The summed E-state index contributed by atoms with van der Waals surface area (Å²) in [6, 6.07) is 13.1. The summed E-state index contributed by atoms with van der Waals surface area (Å²) in [4.78, 5) is 2.50. The molecule has 1 aliphatic carbocycles. The molecule has 0 saturated heterocycles. The Morgan fingerprint density at radius 1 is 1.21 bits per heavy atom. The van der Waals surface area contributed by atoms with Crippen molar-refractivity contribution < 1.29 is 0 Å². The summed E-state index contributed by atoms with van der Waals surface area (Å²) in [6.07, 6.45) is 2.58. The SMILES string of the molecule is N#Cc1ccccc1CN(Cc1ccsc1)C1CC1. The molecule has 19 heavy (non-hydrogen) atoms. The fourth-order valence-electron chi connectivity index (χ4n) is 2.36. The number of nitriles is 1. The van der Waals surface area contributed by atoms with Gasteiger partial charge in [0.05, 0.1) is 11.6 Å². The highest BCUT2D eigenvalue weighted by molar-refractivity contribution is 7.07. The Bertz CT molecular complexity index is 579. The van der Waals surface area contributed by atoms with E-state index in [0.29, 0.717) is 6.04 Å². The summed E-state index contributed by atoms with van der Waals surface area (Å²) in [5, 5.41) is 13.5. The van der Waals surface area contributed by atoms with Crippen LogP contribution in [-0.2, 0) is 13.1 Å². The van der Waals surface area contributed by atoms with Crippen LogP contribution in [-0.4, -0.2) is 10.9 Å². The lowest BCUT2D eigenvalue weighted by atomic mass is 10.1. The molecule has 0 unspecified atom stereocenters. The van der Waals surface area contributed by atoms with Crippen LogP contribution in [0.15, 0.2) is 41.1 Å². The van der Waals surface area contributed by atoms with E-state index in [1.807, 2.05) is 18.2 Å². The Morgan fingerprint density at radius 2 is 2.05 bits per heavy atom. The summed E-state index contributed by atoms with van der Waals surface area (Å²) in [5.41, 5.74) is 3.33. The largest absolute Gasteiger partial charge is 0.292 e. The normalized spacial score (nSPS) is 14.5. The number of hydrogen-bond acceptors (Lipinski definition) is 3. The third-order valence-corrected chi connectivity index (χ3v) is 4.27. The second kappa shape index (κ2) is 5.56. The van der Waals surface area contributed by atoms with Gasteiger partial charge in [0, 0.05) is 19.1 Å². The minimum Gasteiger partial charge on any atom is -0.292 e. The molecular weight excluding hydrogens is 252 g/mol. The van der Waals surface area contributed by atoms with Crippen molar-refractivity contribution in [3.05, 3.63) is 57.8 Å². The molecule has 0 aliphatic heterocycles. The molecule has 1 heterocycles. The van der Waals surface area contributed by atoms with Crippen molar-refractivity contribution in [1.29, 1.82) is 5.26 Å². The molecule has 1 aliphatic rings. The maximum Gasteiger partial charge on any atom is 0.0995 e. The minimum absolute atomic E-state index is 0.701. The van der Waals surface area contributed by atoms with E-state index in [2.05, 4.69) is 33.9 Å². The number of thiophene rings is 1. The zero-order valence-electron chi connectivity index (χ0n) is 10.7. The van der Waals surface area contributed by atoms with Gasteiger partial charge < -0.3 is 0 Å². The molecule has 3 heteroatoms. The second-order valence-electron chi connectivity index (χ2n) is 5.04. The van der Waals surface area contributed by atoms with Gasteiger partial charge >= 0.3 is 0 Å². The van der Waals surface area contributed by atoms with Crippen molar-refractivity contribution in [3.8, 4) is 6.07 Å². The van der Waals surface area contributed by atoms with E-state index < -0.39 is 0 Å². The maximum atomic E-state index is 9.18. The third-order valence-electron chi connectivity index (χ3n) is 3.54. The average molecular weight is 268 g/mol. The van der Waals surface area contributed by atoms with E-state index in [9.17, 15) is 5.26 Å². The van der Waals surface area contributed by atoms with Gasteiger partial charge in [-0.2, -0.15) is 16.6 Å². The van der Waals surface area contributed by atoms with Crippen LogP contribution in [0.2, 0.25) is 0 Å². The molecule has 1 saturated carbocycles. The Balaban J connectivity index is 1.76. The second-order valence-corrected chi connectivity index (χ2v) is 5.82. The summed E-state index contributed by atoms with van der Waals surface area (Å²) < 4.78 is 0. The molecule has 1 aromatic heterocycles. The van der Waals surface area contributed by atoms with Gasteiger partial charge in [-0.15, -0.1) is 0 Å². The number of benzene rings is 1. The highest BCUT2D eigenvalue weighted by Crippen LogP contribution is 2.30. The zero-order chi connectivity index (χ0) is 13.1. The van der Waals surface area contributed by atoms with Crippen molar-refractivity contribution in [2.45, 2.75) is 32.0 Å². The first-order valence-corrected chi connectivity index (χ1v) is 7.54. The minimum atomic E-state index is 0.701. The lowest BCUT2D eigenvalue weighted by Crippen LogP contribution is -2.25. The van der Waals surface area contributed by atoms with E-state index in [1.165, 1.54) is 18.4 Å². The topological polar surface area (TPSA) is 27.0 Å². The first-order chi connectivity index (χ1) is 9.36. The highest BCUT2D eigenvalue weighted by atomic mass is 32.1. The van der Waals surface area contributed by atoms with E-state index in [1.54, 1.807) is 11.3 Å². The molecule has 3 rings (SSSR count). The summed E-state index contributed by atoms with van der Waals surface area (Å²) >= 11 is 1.75. The van der Waals surface area contributed by atoms with Crippen LogP contribution in [0.25, 0.3) is 0 Å². The van der Waals surface area contributed by atoms with Gasteiger partial charge in [-0.05, 0) is 46.9 Å². The Hall–Kier alpha value is -1.63. The molecule has 2 nitrogen and oxygen atoms in total. The zero-order valence-corrected chi connectivity index (χ0v) is 11.6. The molecule has 0 amide bonds. The molecule has 0 bridgehead atoms. The van der Waals surface area contributed by atoms with Gasteiger partial charge in [-0.25, -0.2) is 0 Å². The number of nitrogens with zero attached hydrogens (tertiary/aromatic N) is 2. The van der Waals surface area contributed by atoms with Gasteiger partial charge in [0.2, 0.25) is 0 Å². The lowest BCUT2D eigenvalue weighted by molar-refractivity contribution is 0.246. The number of rotatable bonds is 5. The molecule has 96 valence electrons. The van der Waals surface area contributed by atoms with Crippen molar-refractivity contribution in [1.82, 2.24) is 4.90 Å². The summed E-state index contributed by atoms with van der Waals surface area (Å²) in [6.45, 7) is 1.87. The quantitative estimate of drug-likeness (QED) is 0.825. The van der Waals surface area contributed by atoms with Gasteiger partial charge in [-0.3, -0.25) is 4.90 Å².